The molecule has 1 amide bonds. The summed E-state index contributed by atoms with van der Waals surface area (Å²) >= 11 is 0. The first-order valence-electron chi connectivity index (χ1n) is 10.8. The number of aromatic amines is 1. The lowest BCUT2D eigenvalue weighted by atomic mass is 10.0. The summed E-state index contributed by atoms with van der Waals surface area (Å²) in [6, 6.07) is 11.3. The Morgan fingerprint density at radius 2 is 1.79 bits per heavy atom. The molecule has 2 aromatic carbocycles. The molecule has 1 aromatic heterocycles. The highest BCUT2D eigenvalue weighted by atomic mass is 19.1. The minimum atomic E-state index is -0.947. The number of nitrogens with zero attached hydrogens (tertiary/aromatic N) is 2. The van der Waals surface area contributed by atoms with Gasteiger partial charge in [0, 0.05) is 54.4 Å². The van der Waals surface area contributed by atoms with Crippen molar-refractivity contribution in [2.24, 2.45) is 0 Å². The maximum absolute atomic E-state index is 13.5. The van der Waals surface area contributed by atoms with Crippen molar-refractivity contribution in [3.05, 3.63) is 71.2 Å². The molecule has 8 heteroatoms. The lowest BCUT2D eigenvalue weighted by molar-refractivity contribution is -0.135. The van der Waals surface area contributed by atoms with E-state index in [1.165, 1.54) is 18.2 Å². The predicted molar refractivity (Wildman–Crippen MR) is 121 cm³/mol. The van der Waals surface area contributed by atoms with E-state index in [1.54, 1.807) is 30.5 Å². The van der Waals surface area contributed by atoms with E-state index in [1.807, 2.05) is 11.8 Å². The summed E-state index contributed by atoms with van der Waals surface area (Å²) in [7, 11) is 1.16. The number of piperazine rings is 1. The van der Waals surface area contributed by atoms with Gasteiger partial charge in [0.15, 0.2) is 0 Å². The molecular weight excluding hydrogens is 425 g/mol. The second kappa shape index (κ2) is 9.15. The van der Waals surface area contributed by atoms with E-state index in [0.717, 1.165) is 12.7 Å². The van der Waals surface area contributed by atoms with Crippen LogP contribution in [0.1, 0.15) is 40.1 Å². The van der Waals surface area contributed by atoms with Crippen molar-refractivity contribution in [1.82, 2.24) is 14.8 Å². The number of halogens is 1. The highest BCUT2D eigenvalue weighted by Gasteiger charge is 2.33. The largest absolute Gasteiger partial charge is 0.463 e. The molecule has 172 valence electrons. The van der Waals surface area contributed by atoms with Gasteiger partial charge in [-0.15, -0.1) is 0 Å². The van der Waals surface area contributed by atoms with E-state index >= 15 is 0 Å². The molecule has 4 rings (SSSR count). The van der Waals surface area contributed by atoms with Crippen LogP contribution in [0.3, 0.4) is 0 Å². The molecular formula is C25H26FN3O4. The predicted octanol–water partition coefficient (Wildman–Crippen LogP) is 3.40. The Morgan fingerprint density at radius 1 is 1.06 bits per heavy atom. The summed E-state index contributed by atoms with van der Waals surface area (Å²) in [5, 5.41) is 0.586. The minimum Gasteiger partial charge on any atom is -0.463 e. The van der Waals surface area contributed by atoms with Crippen LogP contribution in [-0.4, -0.2) is 64.7 Å². The maximum atomic E-state index is 13.5. The summed E-state index contributed by atoms with van der Waals surface area (Å²) in [6.45, 7) is 5.97. The molecule has 7 nitrogen and oxygen atoms in total. The van der Waals surface area contributed by atoms with Gasteiger partial charge in [-0.05, 0) is 49.7 Å². The number of carbonyl (C=O) groups is 3. The van der Waals surface area contributed by atoms with Gasteiger partial charge in [0.1, 0.15) is 5.82 Å². The second-order valence-corrected chi connectivity index (χ2v) is 8.49. The average molecular weight is 451 g/mol. The number of H-pyrrole nitrogens is 1. The van der Waals surface area contributed by atoms with Gasteiger partial charge in [-0.2, -0.15) is 0 Å². The number of methoxy groups -OCH3 is 1. The third-order valence-corrected chi connectivity index (χ3v) is 6.22. The topological polar surface area (TPSA) is 82.7 Å². The summed E-state index contributed by atoms with van der Waals surface area (Å²) < 4.78 is 17.7. The third-order valence-electron chi connectivity index (χ3n) is 6.22. The highest BCUT2D eigenvalue weighted by molar-refractivity contribution is 6.41. The van der Waals surface area contributed by atoms with E-state index in [0.29, 0.717) is 36.1 Å². The van der Waals surface area contributed by atoms with E-state index in [9.17, 15) is 18.8 Å². The van der Waals surface area contributed by atoms with Crippen LogP contribution >= 0.6 is 0 Å². The molecule has 1 fully saturated rings. The van der Waals surface area contributed by atoms with Crippen molar-refractivity contribution in [3.8, 4) is 0 Å². The molecule has 0 radical (unpaired) electrons. The number of hydrogen-bond acceptors (Lipinski definition) is 5. The average Bonchev–Trinajstić information content (AvgIpc) is 3.24. The van der Waals surface area contributed by atoms with Gasteiger partial charge < -0.3 is 14.6 Å². The number of ketones is 1. The van der Waals surface area contributed by atoms with Gasteiger partial charge in [0.05, 0.1) is 12.7 Å². The molecule has 0 aliphatic carbocycles. The number of fused-ring (bicyclic) bond motifs is 1. The maximum Gasteiger partial charge on any atom is 0.379 e. The fourth-order valence-corrected chi connectivity index (χ4v) is 4.33. The molecule has 1 aliphatic heterocycles. The zero-order chi connectivity index (χ0) is 23.7. The third kappa shape index (κ3) is 4.52. The Morgan fingerprint density at radius 3 is 2.48 bits per heavy atom. The Bertz CT molecular complexity index is 1200. The smallest absolute Gasteiger partial charge is 0.379 e. The molecule has 1 saturated heterocycles. The number of hydrogen-bond donors (Lipinski definition) is 1. The summed E-state index contributed by atoms with van der Waals surface area (Å²) in [4.78, 5) is 44.5. The standard InChI is InChI=1S/C25H26FN3O4/c1-15-13-29(16(2)12-28(15)14-17-4-7-19(26)8-5-17)24(31)21-11-27-22-9-6-18(10-20(21)22)23(30)25(32)33-3/h4-11,15-16,27H,12-14H2,1-3H3. The minimum absolute atomic E-state index is 0.0426. The van der Waals surface area contributed by atoms with Crippen molar-refractivity contribution in [2.45, 2.75) is 32.5 Å². The molecule has 0 bridgehead atoms. The van der Waals surface area contributed by atoms with Crippen molar-refractivity contribution >= 4 is 28.6 Å². The first kappa shape index (κ1) is 22.7. The monoisotopic (exact) mass is 451 g/mol. The number of ether oxygens (including phenoxy) is 1. The number of benzene rings is 2. The van der Waals surface area contributed by atoms with Crippen molar-refractivity contribution in [3.63, 3.8) is 0 Å². The fraction of sp³-hybridized carbons (Fsp3) is 0.320. The van der Waals surface area contributed by atoms with Crippen molar-refractivity contribution in [2.75, 3.05) is 20.2 Å². The molecule has 33 heavy (non-hydrogen) atoms. The first-order valence-corrected chi connectivity index (χ1v) is 10.8. The van der Waals surface area contributed by atoms with Crippen LogP contribution in [0.15, 0.2) is 48.7 Å². The van der Waals surface area contributed by atoms with E-state index in [4.69, 9.17) is 0 Å². The molecule has 1 N–H and O–H groups in total. The SMILES string of the molecule is COC(=O)C(=O)c1ccc2[nH]cc(C(=O)N3CC(C)N(Cc4ccc(F)cc4)CC3C)c2c1. The van der Waals surface area contributed by atoms with Gasteiger partial charge >= 0.3 is 5.97 Å². The van der Waals surface area contributed by atoms with Crippen LogP contribution in [0.2, 0.25) is 0 Å². The molecule has 2 unspecified atom stereocenters. The number of esters is 1. The van der Waals surface area contributed by atoms with E-state index < -0.39 is 11.8 Å². The van der Waals surface area contributed by atoms with Crippen LogP contribution in [0.4, 0.5) is 4.39 Å². The Balaban J connectivity index is 1.54. The van der Waals surface area contributed by atoms with Crippen LogP contribution < -0.4 is 0 Å². The zero-order valence-electron chi connectivity index (χ0n) is 18.8. The lowest BCUT2D eigenvalue weighted by Crippen LogP contribution is -2.57. The summed E-state index contributed by atoms with van der Waals surface area (Å²) in [5.74, 6) is -2.09. The Labute approximate surface area is 191 Å². The van der Waals surface area contributed by atoms with E-state index in [-0.39, 0.29) is 29.4 Å². The van der Waals surface area contributed by atoms with Crippen LogP contribution in [0.25, 0.3) is 10.9 Å². The summed E-state index contributed by atoms with van der Waals surface area (Å²) in [6.07, 6.45) is 1.64. The summed E-state index contributed by atoms with van der Waals surface area (Å²) in [5.41, 5.74) is 2.36. The first-order chi connectivity index (χ1) is 15.8. The van der Waals surface area contributed by atoms with Crippen LogP contribution in [0, 0.1) is 5.82 Å². The van der Waals surface area contributed by atoms with Crippen LogP contribution in [0.5, 0.6) is 0 Å². The normalized spacial score (nSPS) is 19.0. The quantitative estimate of drug-likeness (QED) is 0.365. The lowest BCUT2D eigenvalue weighted by Gasteiger charge is -2.44. The number of rotatable bonds is 5. The van der Waals surface area contributed by atoms with Gasteiger partial charge in [-0.3, -0.25) is 14.5 Å². The van der Waals surface area contributed by atoms with Gasteiger partial charge in [-0.1, -0.05) is 12.1 Å². The number of nitrogens with one attached hydrogen (secondary N) is 1. The van der Waals surface area contributed by atoms with E-state index in [2.05, 4.69) is 21.5 Å². The molecule has 0 saturated carbocycles. The van der Waals surface area contributed by atoms with Gasteiger partial charge in [-0.25, -0.2) is 9.18 Å². The number of Topliss-reactive ketones (excluding diaryl/α,β-unsaturated/α-hetero) is 1. The van der Waals surface area contributed by atoms with Crippen LogP contribution in [-0.2, 0) is 16.1 Å². The van der Waals surface area contributed by atoms with Crippen molar-refractivity contribution < 1.29 is 23.5 Å². The second-order valence-electron chi connectivity index (χ2n) is 8.49. The number of aromatic nitrogens is 1. The zero-order valence-corrected chi connectivity index (χ0v) is 18.8. The fourth-order valence-electron chi connectivity index (χ4n) is 4.33. The molecule has 2 atom stereocenters. The molecule has 0 spiro atoms. The molecule has 1 aliphatic rings. The molecule has 3 aromatic rings. The Kier molecular flexibility index (Phi) is 6.29. The van der Waals surface area contributed by atoms with Gasteiger partial charge in [0.2, 0.25) is 0 Å². The molecule has 2 heterocycles. The number of carbonyl (C=O) groups excluding carboxylic acids is 3. The van der Waals surface area contributed by atoms with Gasteiger partial charge in [0.25, 0.3) is 11.7 Å². The Hall–Kier alpha value is -3.52. The van der Waals surface area contributed by atoms with Crippen molar-refractivity contribution in [1.29, 1.82) is 0 Å². The number of amides is 1. The highest BCUT2D eigenvalue weighted by Crippen LogP contribution is 2.25.